The summed E-state index contributed by atoms with van der Waals surface area (Å²) in [6, 6.07) is 5.19. The van der Waals surface area contributed by atoms with Crippen molar-refractivity contribution in [3.63, 3.8) is 0 Å². The van der Waals surface area contributed by atoms with Crippen LogP contribution in [0.2, 0.25) is 0 Å². The molecule has 0 radical (unpaired) electrons. The normalized spacial score (nSPS) is 13.2. The number of allylic oxidation sites excluding steroid dienone is 1. The number of amides is 1. The highest BCUT2D eigenvalue weighted by atomic mass is 19.1. The number of carbonyl (C=O) groups is 1. The van der Waals surface area contributed by atoms with E-state index in [-0.39, 0.29) is 12.3 Å². The summed E-state index contributed by atoms with van der Waals surface area (Å²) in [7, 11) is 0. The van der Waals surface area contributed by atoms with Gasteiger partial charge in [0, 0.05) is 30.7 Å². The molecule has 0 saturated carbocycles. The molecular weight excluding hydrogens is 281 g/mol. The molecule has 2 aromatic rings. The van der Waals surface area contributed by atoms with Crippen molar-refractivity contribution in [1.29, 1.82) is 0 Å². The molecule has 0 aliphatic heterocycles. The Balaban J connectivity index is 1.66. The predicted octanol–water partition coefficient (Wildman–Crippen LogP) is 2.65. The summed E-state index contributed by atoms with van der Waals surface area (Å²) in [5, 5.41) is 2.88. The van der Waals surface area contributed by atoms with Crippen LogP contribution in [0, 0.1) is 5.95 Å². The summed E-state index contributed by atoms with van der Waals surface area (Å²) in [6.45, 7) is 2.43. The smallest absolute Gasteiger partial charge is 0.224 e. The molecule has 112 valence electrons. The van der Waals surface area contributed by atoms with E-state index in [4.69, 9.17) is 0 Å². The maximum atomic E-state index is 13.2. The van der Waals surface area contributed by atoms with Gasteiger partial charge in [-0.15, -0.1) is 0 Å². The monoisotopic (exact) mass is 297 g/mol. The molecule has 4 nitrogen and oxygen atoms in total. The molecule has 0 saturated heterocycles. The summed E-state index contributed by atoms with van der Waals surface area (Å²) in [5.41, 5.74) is 4.79. The standard InChI is InChI=1S/C17H16FN3O/c1-11-5-13-6-16(18)20-10-15(13)14(11)7-17(22)21-9-12-3-2-4-19-8-12/h2-4,6,8,10H,5,7,9H2,1H3,(H,21,22). The van der Waals surface area contributed by atoms with Crippen LogP contribution in [0.3, 0.4) is 0 Å². The lowest BCUT2D eigenvalue weighted by molar-refractivity contribution is -0.120. The lowest BCUT2D eigenvalue weighted by Crippen LogP contribution is -2.22. The Morgan fingerprint density at radius 1 is 1.41 bits per heavy atom. The minimum absolute atomic E-state index is 0.0598. The lowest BCUT2D eigenvalue weighted by atomic mass is 10.0. The Kier molecular flexibility index (Phi) is 3.96. The van der Waals surface area contributed by atoms with Gasteiger partial charge in [0.15, 0.2) is 0 Å². The van der Waals surface area contributed by atoms with Gasteiger partial charge in [0.05, 0.1) is 6.42 Å². The average Bonchev–Trinajstić information content (AvgIpc) is 2.81. The van der Waals surface area contributed by atoms with Gasteiger partial charge in [0.2, 0.25) is 11.9 Å². The molecule has 2 heterocycles. The molecule has 5 heteroatoms. The van der Waals surface area contributed by atoms with Gasteiger partial charge in [-0.3, -0.25) is 9.78 Å². The highest BCUT2D eigenvalue weighted by molar-refractivity contribution is 5.91. The minimum atomic E-state index is -0.478. The number of halogens is 1. The van der Waals surface area contributed by atoms with Crippen molar-refractivity contribution in [3.05, 3.63) is 65.0 Å². The number of carbonyl (C=O) groups excluding carboxylic acids is 1. The second-order valence-electron chi connectivity index (χ2n) is 5.41. The molecule has 1 amide bonds. The van der Waals surface area contributed by atoms with Gasteiger partial charge in [0.1, 0.15) is 0 Å². The van der Waals surface area contributed by atoms with Crippen molar-refractivity contribution in [2.45, 2.75) is 26.3 Å². The third-order valence-corrected chi connectivity index (χ3v) is 3.80. The van der Waals surface area contributed by atoms with E-state index >= 15 is 0 Å². The van der Waals surface area contributed by atoms with Gasteiger partial charge in [-0.25, -0.2) is 4.98 Å². The molecule has 0 unspecified atom stereocenters. The predicted molar refractivity (Wildman–Crippen MR) is 81.2 cm³/mol. The Morgan fingerprint density at radius 3 is 3.05 bits per heavy atom. The third kappa shape index (κ3) is 3.03. The van der Waals surface area contributed by atoms with Crippen molar-refractivity contribution in [2.75, 3.05) is 0 Å². The second kappa shape index (κ2) is 6.05. The van der Waals surface area contributed by atoms with E-state index in [1.807, 2.05) is 19.1 Å². The van der Waals surface area contributed by atoms with Crippen molar-refractivity contribution in [2.24, 2.45) is 0 Å². The zero-order chi connectivity index (χ0) is 15.5. The maximum absolute atomic E-state index is 13.2. The Bertz CT molecular complexity index is 741. The van der Waals surface area contributed by atoms with Crippen LogP contribution in [0.4, 0.5) is 4.39 Å². The first-order valence-electron chi connectivity index (χ1n) is 7.12. The number of pyridine rings is 2. The number of hydrogen-bond donors (Lipinski definition) is 1. The van der Waals surface area contributed by atoms with E-state index in [2.05, 4.69) is 15.3 Å². The Labute approximate surface area is 128 Å². The molecule has 0 spiro atoms. The molecule has 1 aliphatic rings. The third-order valence-electron chi connectivity index (χ3n) is 3.80. The number of nitrogens with zero attached hydrogens (tertiary/aromatic N) is 2. The van der Waals surface area contributed by atoms with Gasteiger partial charge >= 0.3 is 0 Å². The van der Waals surface area contributed by atoms with Crippen LogP contribution in [-0.2, 0) is 17.8 Å². The highest BCUT2D eigenvalue weighted by Gasteiger charge is 2.21. The molecule has 0 bridgehead atoms. The zero-order valence-electron chi connectivity index (χ0n) is 12.3. The SMILES string of the molecule is CC1=C(CC(=O)NCc2cccnc2)c2cnc(F)cc2C1. The molecule has 2 aromatic heterocycles. The number of nitrogens with one attached hydrogen (secondary N) is 1. The van der Waals surface area contributed by atoms with E-state index in [9.17, 15) is 9.18 Å². The van der Waals surface area contributed by atoms with Crippen molar-refractivity contribution >= 4 is 11.5 Å². The van der Waals surface area contributed by atoms with Crippen molar-refractivity contribution in [1.82, 2.24) is 15.3 Å². The van der Waals surface area contributed by atoms with E-state index in [0.717, 1.165) is 27.8 Å². The largest absolute Gasteiger partial charge is 0.352 e. The minimum Gasteiger partial charge on any atom is -0.352 e. The molecule has 0 fully saturated rings. The van der Waals surface area contributed by atoms with Crippen LogP contribution in [0.25, 0.3) is 5.57 Å². The van der Waals surface area contributed by atoms with Gasteiger partial charge in [-0.2, -0.15) is 4.39 Å². The van der Waals surface area contributed by atoms with Crippen LogP contribution in [0.5, 0.6) is 0 Å². The van der Waals surface area contributed by atoms with Crippen LogP contribution in [0.1, 0.15) is 30.0 Å². The van der Waals surface area contributed by atoms with Gasteiger partial charge in [0.25, 0.3) is 0 Å². The molecular formula is C17H16FN3O. The Morgan fingerprint density at radius 2 is 2.27 bits per heavy atom. The number of aromatic nitrogens is 2. The van der Waals surface area contributed by atoms with Crippen LogP contribution in [-0.4, -0.2) is 15.9 Å². The van der Waals surface area contributed by atoms with Gasteiger partial charge in [-0.05, 0) is 42.2 Å². The first-order valence-corrected chi connectivity index (χ1v) is 7.12. The molecule has 22 heavy (non-hydrogen) atoms. The van der Waals surface area contributed by atoms with E-state index in [1.165, 1.54) is 12.3 Å². The van der Waals surface area contributed by atoms with Gasteiger partial charge in [-0.1, -0.05) is 11.6 Å². The summed E-state index contributed by atoms with van der Waals surface area (Å²) in [4.78, 5) is 19.8. The maximum Gasteiger partial charge on any atom is 0.224 e. The van der Waals surface area contributed by atoms with Crippen LogP contribution >= 0.6 is 0 Å². The van der Waals surface area contributed by atoms with E-state index in [1.54, 1.807) is 12.4 Å². The highest BCUT2D eigenvalue weighted by Crippen LogP contribution is 2.34. The Hall–Kier alpha value is -2.56. The fourth-order valence-corrected chi connectivity index (χ4v) is 2.68. The zero-order valence-corrected chi connectivity index (χ0v) is 12.3. The number of rotatable bonds is 4. The second-order valence-corrected chi connectivity index (χ2v) is 5.41. The summed E-state index contributed by atoms with van der Waals surface area (Å²) in [5.74, 6) is -0.538. The summed E-state index contributed by atoms with van der Waals surface area (Å²) >= 11 is 0. The molecule has 0 atom stereocenters. The lowest BCUT2D eigenvalue weighted by Gasteiger charge is -2.08. The average molecular weight is 297 g/mol. The van der Waals surface area contributed by atoms with Crippen molar-refractivity contribution in [3.8, 4) is 0 Å². The first kappa shape index (κ1) is 14.4. The summed E-state index contributed by atoms with van der Waals surface area (Å²) in [6.07, 6.45) is 5.90. The van der Waals surface area contributed by atoms with E-state index in [0.29, 0.717) is 13.0 Å². The molecule has 0 aromatic carbocycles. The van der Waals surface area contributed by atoms with Crippen LogP contribution in [0.15, 0.2) is 42.4 Å². The van der Waals surface area contributed by atoms with Crippen LogP contribution < -0.4 is 5.32 Å². The quantitative estimate of drug-likeness (QED) is 0.883. The number of fused-ring (bicyclic) bond motifs is 1. The summed E-state index contributed by atoms with van der Waals surface area (Å²) < 4.78 is 13.2. The first-order chi connectivity index (χ1) is 10.6. The molecule has 3 rings (SSSR count). The molecule has 1 N–H and O–H groups in total. The van der Waals surface area contributed by atoms with Gasteiger partial charge < -0.3 is 5.32 Å². The molecule has 1 aliphatic carbocycles. The van der Waals surface area contributed by atoms with Crippen molar-refractivity contribution < 1.29 is 9.18 Å². The fourth-order valence-electron chi connectivity index (χ4n) is 2.68. The topological polar surface area (TPSA) is 54.9 Å². The van der Waals surface area contributed by atoms with E-state index < -0.39 is 5.95 Å². The number of hydrogen-bond acceptors (Lipinski definition) is 3. The fraction of sp³-hybridized carbons (Fsp3) is 0.235.